The first-order chi connectivity index (χ1) is 27.8. The van der Waals surface area contributed by atoms with Gasteiger partial charge in [0.2, 0.25) is 0 Å². The monoisotopic (exact) mass is 747 g/mol. The Morgan fingerprint density at radius 1 is 0.474 bits per heavy atom. The molecule has 57 heavy (non-hydrogen) atoms. The van der Waals surface area contributed by atoms with Gasteiger partial charge in [0.05, 0.1) is 0 Å². The van der Waals surface area contributed by atoms with E-state index in [1.54, 1.807) is 24.8 Å². The topological polar surface area (TPSA) is 63.9 Å². The van der Waals surface area contributed by atoms with Crippen LogP contribution in [-0.2, 0) is 0 Å². The number of phenolic OH excluding ortho intramolecular Hbond substituents is 3. The van der Waals surface area contributed by atoms with Crippen LogP contribution < -0.4 is 4.90 Å². The van der Waals surface area contributed by atoms with Gasteiger partial charge in [0.15, 0.2) is 11.5 Å². The summed E-state index contributed by atoms with van der Waals surface area (Å²) in [6, 6.07) is 54.0. The third kappa shape index (κ3) is 8.17. The van der Waals surface area contributed by atoms with Gasteiger partial charge in [-0.05, 0) is 118 Å². The van der Waals surface area contributed by atoms with E-state index in [-0.39, 0.29) is 22.9 Å². The largest absolute Gasteiger partial charge is 0.505 e. The van der Waals surface area contributed by atoms with Crippen molar-refractivity contribution in [3.8, 4) is 50.6 Å². The minimum absolute atomic E-state index is 0.0953. The van der Waals surface area contributed by atoms with Gasteiger partial charge in [0.25, 0.3) is 0 Å². The van der Waals surface area contributed by atoms with E-state index in [0.29, 0.717) is 22.5 Å². The summed E-state index contributed by atoms with van der Waals surface area (Å²) < 4.78 is 0. The number of fused-ring (bicyclic) bond motifs is 3. The molecule has 0 radical (unpaired) electrons. The summed E-state index contributed by atoms with van der Waals surface area (Å²) in [6.07, 6.45) is 5.58. The van der Waals surface area contributed by atoms with Crippen molar-refractivity contribution in [1.82, 2.24) is 0 Å². The summed E-state index contributed by atoms with van der Waals surface area (Å²) >= 11 is 0. The van der Waals surface area contributed by atoms with Crippen LogP contribution in [0, 0.1) is 13.8 Å². The lowest BCUT2D eigenvalue weighted by atomic mass is 9.93. The summed E-state index contributed by atoms with van der Waals surface area (Å²) in [4.78, 5) is 1.79. The molecule has 284 valence electrons. The number of phenols is 3. The fourth-order valence-corrected chi connectivity index (χ4v) is 7.08. The Morgan fingerprint density at radius 3 is 1.54 bits per heavy atom. The molecule has 0 aromatic heterocycles. The van der Waals surface area contributed by atoms with Gasteiger partial charge < -0.3 is 20.2 Å². The molecule has 0 aliphatic rings. The van der Waals surface area contributed by atoms with Crippen molar-refractivity contribution in [2.45, 2.75) is 34.6 Å². The van der Waals surface area contributed by atoms with E-state index in [0.717, 1.165) is 38.8 Å². The molecule has 0 aliphatic heterocycles. The van der Waals surface area contributed by atoms with Crippen molar-refractivity contribution in [2.24, 2.45) is 0 Å². The lowest BCUT2D eigenvalue weighted by Crippen LogP contribution is -2.11. The van der Waals surface area contributed by atoms with Crippen molar-refractivity contribution >= 4 is 38.6 Å². The highest BCUT2D eigenvalue weighted by Gasteiger charge is 2.26. The van der Waals surface area contributed by atoms with Crippen LogP contribution in [0.1, 0.15) is 31.9 Å². The molecule has 4 heteroatoms. The molecule has 0 fully saturated rings. The summed E-state index contributed by atoms with van der Waals surface area (Å²) in [6.45, 7) is 12.8. The van der Waals surface area contributed by atoms with Gasteiger partial charge in [-0.25, -0.2) is 0 Å². The summed E-state index contributed by atoms with van der Waals surface area (Å²) in [5, 5.41) is 38.5. The van der Waals surface area contributed by atoms with Gasteiger partial charge in [-0.1, -0.05) is 160 Å². The van der Waals surface area contributed by atoms with E-state index in [4.69, 9.17) is 0 Å². The van der Waals surface area contributed by atoms with Gasteiger partial charge in [0.1, 0.15) is 11.4 Å². The molecule has 0 atom stereocenters. The molecule has 0 bridgehead atoms. The summed E-state index contributed by atoms with van der Waals surface area (Å²) in [5.74, 6) is -0.731. The van der Waals surface area contributed by atoms with Crippen LogP contribution in [0.15, 0.2) is 183 Å². The second-order valence-electron chi connectivity index (χ2n) is 13.5. The van der Waals surface area contributed by atoms with E-state index in [1.807, 2.05) is 87.5 Å². The molecule has 4 nitrogen and oxygen atoms in total. The molecule has 0 amide bonds. The standard InChI is InChI=1S/C46H35NO3.C5H8.C2H6/c1-29-30(2)45(49)46(50)43(44(29)48)47(37-23-19-32(20-24-37)35-15-10-14-34(27-35)31-11-4-3-5-12-31)38-25-21-33(22-26-38)42-28-36-13-6-7-16-39(36)40-17-8-9-18-41(40)42;1-3-5-4-2;1-2/h3-28,48-50H,1-2H3;3-5H,1H2,2H3;1-2H3/b;5-4-;. The number of benzene rings is 8. The number of hydrogen-bond acceptors (Lipinski definition) is 4. The van der Waals surface area contributed by atoms with E-state index in [2.05, 4.69) is 110 Å². The predicted molar refractivity (Wildman–Crippen MR) is 243 cm³/mol. The molecule has 8 rings (SSSR count). The van der Waals surface area contributed by atoms with E-state index in [1.165, 1.54) is 16.2 Å². The molecule has 8 aromatic carbocycles. The molecule has 0 unspecified atom stereocenters. The second kappa shape index (κ2) is 18.1. The van der Waals surface area contributed by atoms with Crippen LogP contribution in [0.25, 0.3) is 54.9 Å². The molecule has 0 spiro atoms. The fraction of sp³-hybridized carbons (Fsp3) is 0.0943. The van der Waals surface area contributed by atoms with Crippen molar-refractivity contribution in [1.29, 1.82) is 0 Å². The van der Waals surface area contributed by atoms with Gasteiger partial charge in [-0.3, -0.25) is 0 Å². The van der Waals surface area contributed by atoms with Crippen LogP contribution in [0.5, 0.6) is 17.2 Å². The smallest absolute Gasteiger partial charge is 0.186 e. The summed E-state index contributed by atoms with van der Waals surface area (Å²) in [5.41, 5.74) is 9.02. The summed E-state index contributed by atoms with van der Waals surface area (Å²) in [7, 11) is 0. The Labute approximate surface area is 336 Å². The third-order valence-corrected chi connectivity index (χ3v) is 10.1. The highest BCUT2D eigenvalue weighted by Crippen LogP contribution is 2.52. The second-order valence-corrected chi connectivity index (χ2v) is 13.5. The van der Waals surface area contributed by atoms with E-state index in [9.17, 15) is 15.3 Å². The first-order valence-corrected chi connectivity index (χ1v) is 19.4. The maximum absolute atomic E-state index is 11.5. The van der Waals surface area contributed by atoms with Crippen LogP contribution >= 0.6 is 0 Å². The molecule has 0 aliphatic carbocycles. The van der Waals surface area contributed by atoms with Crippen LogP contribution in [0.2, 0.25) is 0 Å². The van der Waals surface area contributed by atoms with Crippen LogP contribution in [0.4, 0.5) is 17.1 Å². The highest BCUT2D eigenvalue weighted by atomic mass is 16.3. The molecule has 0 heterocycles. The number of allylic oxidation sites excluding steroid dienone is 3. The van der Waals surface area contributed by atoms with Crippen molar-refractivity contribution < 1.29 is 15.3 Å². The predicted octanol–water partition coefficient (Wildman–Crippen LogP) is 15.0. The lowest BCUT2D eigenvalue weighted by molar-refractivity contribution is 0.394. The fourth-order valence-electron chi connectivity index (χ4n) is 7.08. The van der Waals surface area contributed by atoms with Crippen LogP contribution in [-0.4, -0.2) is 15.3 Å². The molecule has 0 saturated carbocycles. The average Bonchev–Trinajstić information content (AvgIpc) is 3.28. The SMILES string of the molecule is C=C/C=C\C.CC.Cc1c(C)c(O)c(N(c2ccc(-c3cccc(-c4ccccc4)c3)cc2)c2ccc(-c3cc4ccccc4c4ccccc34)cc2)c(O)c1O. The number of aromatic hydroxyl groups is 3. The molecular weight excluding hydrogens is 699 g/mol. The number of hydrogen-bond donors (Lipinski definition) is 3. The molecule has 3 N–H and O–H groups in total. The normalized spacial score (nSPS) is 10.8. The third-order valence-electron chi connectivity index (χ3n) is 10.1. The average molecular weight is 748 g/mol. The Morgan fingerprint density at radius 2 is 0.965 bits per heavy atom. The van der Waals surface area contributed by atoms with Crippen molar-refractivity contribution in [3.05, 3.63) is 194 Å². The first kappa shape index (κ1) is 39.6. The molecule has 8 aromatic rings. The minimum atomic E-state index is -0.380. The first-order valence-electron chi connectivity index (χ1n) is 19.4. The zero-order valence-electron chi connectivity index (χ0n) is 33.2. The van der Waals surface area contributed by atoms with Crippen molar-refractivity contribution in [2.75, 3.05) is 4.90 Å². The maximum atomic E-state index is 11.5. The molecule has 0 saturated heterocycles. The molecular formula is C53H49NO3. The van der Waals surface area contributed by atoms with E-state index < -0.39 is 0 Å². The number of anilines is 3. The Hall–Kier alpha value is -7.04. The van der Waals surface area contributed by atoms with Gasteiger partial charge in [0, 0.05) is 16.9 Å². The highest BCUT2D eigenvalue weighted by molar-refractivity contribution is 6.13. The number of nitrogens with zero attached hydrogens (tertiary/aromatic N) is 1. The zero-order valence-corrected chi connectivity index (χ0v) is 33.2. The quantitative estimate of drug-likeness (QED) is 0.0657. The maximum Gasteiger partial charge on any atom is 0.186 e. The van der Waals surface area contributed by atoms with E-state index >= 15 is 0 Å². The Kier molecular flexibility index (Phi) is 12.6. The van der Waals surface area contributed by atoms with Gasteiger partial charge in [-0.15, -0.1) is 0 Å². The van der Waals surface area contributed by atoms with Crippen molar-refractivity contribution in [3.63, 3.8) is 0 Å². The Bertz CT molecular complexity index is 2630. The van der Waals surface area contributed by atoms with Gasteiger partial charge in [-0.2, -0.15) is 0 Å². The minimum Gasteiger partial charge on any atom is -0.505 e. The Balaban J connectivity index is 0.000000730. The lowest BCUT2D eigenvalue weighted by Gasteiger charge is -2.28. The van der Waals surface area contributed by atoms with Gasteiger partial charge >= 0.3 is 0 Å². The number of rotatable bonds is 7. The zero-order chi connectivity index (χ0) is 40.5. The van der Waals surface area contributed by atoms with Crippen LogP contribution in [0.3, 0.4) is 0 Å².